The first kappa shape index (κ1) is 22.9. The number of rotatable bonds is 11. The van der Waals surface area contributed by atoms with Gasteiger partial charge in [0.2, 0.25) is 0 Å². The topological polar surface area (TPSA) is 30.5 Å². The molecular formula is C24H37N3O2+2. The van der Waals surface area contributed by atoms with Gasteiger partial charge in [-0.3, -0.25) is 0 Å². The molecule has 2 aromatic carbocycles. The van der Waals surface area contributed by atoms with Gasteiger partial charge < -0.3 is 10.1 Å². The maximum Gasteiger partial charge on any atom is 0.119 e. The van der Waals surface area contributed by atoms with Gasteiger partial charge in [0.05, 0.1) is 6.61 Å². The zero-order valence-electron chi connectivity index (χ0n) is 18.8. The largest absolute Gasteiger partial charge is 0.493 e. The molecule has 0 saturated carbocycles. The Balaban J connectivity index is 1.78. The number of nitrogens with zero attached hydrogens (tertiary/aromatic N) is 2. The van der Waals surface area contributed by atoms with Crippen LogP contribution in [0.3, 0.4) is 0 Å². The molecule has 0 unspecified atom stereocenters. The van der Waals surface area contributed by atoms with Gasteiger partial charge >= 0.3 is 0 Å². The Labute approximate surface area is 176 Å². The van der Waals surface area contributed by atoms with Crippen LogP contribution in [-0.4, -0.2) is 64.2 Å². The van der Waals surface area contributed by atoms with Gasteiger partial charge in [-0.15, -0.1) is 9.29 Å². The third-order valence-corrected chi connectivity index (χ3v) is 4.86. The Hall–Kier alpha value is -2.34. The van der Waals surface area contributed by atoms with E-state index in [1.54, 1.807) is 0 Å². The van der Waals surface area contributed by atoms with E-state index in [-0.39, 0.29) is 0 Å². The smallest absolute Gasteiger partial charge is 0.119 e. The highest BCUT2D eigenvalue weighted by atomic mass is 16.9. The van der Waals surface area contributed by atoms with E-state index in [1.807, 2.05) is 19.2 Å². The Bertz CT molecular complexity index is 766. The molecule has 0 aliphatic rings. The normalized spacial score (nSPS) is 12.3. The van der Waals surface area contributed by atoms with E-state index in [2.05, 4.69) is 89.0 Å². The molecule has 0 radical (unpaired) electrons. The summed E-state index contributed by atoms with van der Waals surface area (Å²) < 4.78 is 6.96. The molecule has 0 aliphatic carbocycles. The predicted octanol–water partition coefficient (Wildman–Crippen LogP) is 4.69. The maximum absolute atomic E-state index is 6.13. The number of hydroxylamine groups is 6. The summed E-state index contributed by atoms with van der Waals surface area (Å²) in [6, 6.07) is 16.6. The fourth-order valence-electron chi connectivity index (χ4n) is 2.96. The summed E-state index contributed by atoms with van der Waals surface area (Å²) in [7, 11) is 10.2. The van der Waals surface area contributed by atoms with Crippen molar-refractivity contribution in [1.29, 1.82) is 0 Å². The Morgan fingerprint density at radius 2 is 1.38 bits per heavy atom. The number of nitrogens with one attached hydrogen (secondary N) is 1. The van der Waals surface area contributed by atoms with Crippen LogP contribution in [0.25, 0.3) is 12.2 Å². The summed E-state index contributed by atoms with van der Waals surface area (Å²) in [6.45, 7) is 4.63. The molecule has 5 nitrogen and oxygen atoms in total. The number of ether oxygens (including phenoxy) is 1. The van der Waals surface area contributed by atoms with Gasteiger partial charge in [0.25, 0.3) is 0 Å². The van der Waals surface area contributed by atoms with Crippen molar-refractivity contribution in [1.82, 2.24) is 0 Å². The molecule has 158 valence electrons. The number of hydrogen-bond donors (Lipinski definition) is 1. The van der Waals surface area contributed by atoms with Crippen molar-refractivity contribution in [3.8, 4) is 5.75 Å². The van der Waals surface area contributed by atoms with E-state index in [1.165, 1.54) is 5.56 Å². The highest BCUT2D eigenvalue weighted by Gasteiger charge is 2.28. The van der Waals surface area contributed by atoms with E-state index >= 15 is 0 Å². The van der Waals surface area contributed by atoms with Crippen LogP contribution >= 0.6 is 0 Å². The molecule has 0 spiro atoms. The summed E-state index contributed by atoms with van der Waals surface area (Å²) in [4.78, 5) is 6.13. The zero-order valence-corrected chi connectivity index (χ0v) is 18.8. The highest BCUT2D eigenvalue weighted by molar-refractivity contribution is 5.70. The van der Waals surface area contributed by atoms with Crippen LogP contribution in [0.1, 0.15) is 24.5 Å². The molecule has 0 amide bonds. The molecule has 29 heavy (non-hydrogen) atoms. The van der Waals surface area contributed by atoms with Crippen molar-refractivity contribution in [3.63, 3.8) is 0 Å². The Kier molecular flexibility index (Phi) is 8.26. The number of benzene rings is 2. The molecule has 0 atom stereocenters. The minimum Gasteiger partial charge on any atom is -0.493 e. The van der Waals surface area contributed by atoms with Crippen molar-refractivity contribution < 1.29 is 19.0 Å². The molecule has 0 saturated heterocycles. The minimum absolute atomic E-state index is 0.517. The van der Waals surface area contributed by atoms with Gasteiger partial charge in [-0.25, -0.2) is 0 Å². The average molecular weight is 400 g/mol. The first-order valence-electron chi connectivity index (χ1n) is 10.3. The Morgan fingerprint density at radius 3 is 1.90 bits per heavy atom. The lowest BCUT2D eigenvalue weighted by Gasteiger charge is -2.33. The van der Waals surface area contributed by atoms with Crippen LogP contribution in [0.4, 0.5) is 5.69 Å². The van der Waals surface area contributed by atoms with Gasteiger partial charge in [-0.1, -0.05) is 36.4 Å². The van der Waals surface area contributed by atoms with Crippen molar-refractivity contribution in [2.24, 2.45) is 0 Å². The first-order valence-corrected chi connectivity index (χ1v) is 10.3. The van der Waals surface area contributed by atoms with E-state index < -0.39 is 0 Å². The molecule has 2 rings (SSSR count). The van der Waals surface area contributed by atoms with Crippen molar-refractivity contribution in [2.45, 2.75) is 13.3 Å². The van der Waals surface area contributed by atoms with Crippen molar-refractivity contribution >= 4 is 17.8 Å². The summed E-state index contributed by atoms with van der Waals surface area (Å²) in [5, 5.41) is 3.13. The molecule has 0 bridgehead atoms. The molecule has 0 fully saturated rings. The molecule has 0 aromatic heterocycles. The molecule has 0 heterocycles. The van der Waals surface area contributed by atoms with Gasteiger partial charge in [-0.2, -0.15) is 0 Å². The molecule has 0 aliphatic heterocycles. The third kappa shape index (κ3) is 8.28. The maximum atomic E-state index is 6.13. The van der Waals surface area contributed by atoms with Gasteiger partial charge in [0.15, 0.2) is 0 Å². The minimum atomic E-state index is 0.517. The Morgan fingerprint density at radius 1 is 0.828 bits per heavy atom. The number of quaternary nitrogens is 2. The zero-order chi connectivity index (χ0) is 21.3. The summed E-state index contributed by atoms with van der Waals surface area (Å²) in [5.41, 5.74) is 3.45. The molecular weight excluding hydrogens is 362 g/mol. The van der Waals surface area contributed by atoms with E-state index in [0.717, 1.165) is 36.5 Å². The van der Waals surface area contributed by atoms with Crippen LogP contribution in [0.2, 0.25) is 0 Å². The second-order valence-corrected chi connectivity index (χ2v) is 8.25. The second kappa shape index (κ2) is 10.4. The molecule has 5 heteroatoms. The van der Waals surface area contributed by atoms with Gasteiger partial charge in [-0.05, 0) is 47.3 Å². The lowest BCUT2D eigenvalue weighted by atomic mass is 10.1. The number of anilines is 1. The number of hydrogen-bond acceptors (Lipinski definition) is 3. The SMILES string of the molecule is CC[N+](C)(C)O[N+](C)(C)CCCOc1ccc(/C=C/c2ccc(NC)cc2)cc1. The first-order chi connectivity index (χ1) is 13.7. The molecule has 2 aromatic rings. The van der Waals surface area contributed by atoms with E-state index in [0.29, 0.717) is 15.9 Å². The van der Waals surface area contributed by atoms with Gasteiger partial charge in [0.1, 0.15) is 47.0 Å². The van der Waals surface area contributed by atoms with Crippen LogP contribution < -0.4 is 10.1 Å². The van der Waals surface area contributed by atoms with Gasteiger partial charge in [0, 0.05) is 19.2 Å². The van der Waals surface area contributed by atoms with E-state index in [9.17, 15) is 0 Å². The standard InChI is InChI=1S/C24H37N3O2/c1-7-26(3,4)29-27(5,6)19-8-20-28-24-17-13-22(14-18-24)10-9-21-11-15-23(25-2)16-12-21/h9-18,25H,7-8,19-20H2,1-6H3/q+2/b10-9+. The van der Waals surface area contributed by atoms with Crippen LogP contribution in [0.15, 0.2) is 48.5 Å². The third-order valence-electron chi connectivity index (χ3n) is 4.86. The predicted molar refractivity (Wildman–Crippen MR) is 122 cm³/mol. The summed E-state index contributed by atoms with van der Waals surface area (Å²) in [6.07, 6.45) is 5.16. The average Bonchev–Trinajstić information content (AvgIpc) is 2.70. The quantitative estimate of drug-likeness (QED) is 0.257. The van der Waals surface area contributed by atoms with Crippen molar-refractivity contribution in [3.05, 3.63) is 59.7 Å². The fourth-order valence-corrected chi connectivity index (χ4v) is 2.96. The van der Waals surface area contributed by atoms with Crippen LogP contribution in [0, 0.1) is 0 Å². The highest BCUT2D eigenvalue weighted by Crippen LogP contribution is 2.16. The molecule has 1 N–H and O–H groups in total. The van der Waals surface area contributed by atoms with Crippen LogP contribution in [-0.2, 0) is 4.94 Å². The summed E-state index contributed by atoms with van der Waals surface area (Å²) in [5.74, 6) is 0.899. The lowest BCUT2D eigenvalue weighted by Crippen LogP contribution is -2.53. The van der Waals surface area contributed by atoms with E-state index in [4.69, 9.17) is 9.68 Å². The summed E-state index contributed by atoms with van der Waals surface area (Å²) >= 11 is 0. The monoisotopic (exact) mass is 399 g/mol. The lowest BCUT2D eigenvalue weighted by molar-refractivity contribution is -1.32. The van der Waals surface area contributed by atoms with Crippen LogP contribution in [0.5, 0.6) is 5.75 Å². The fraction of sp³-hybridized carbons (Fsp3) is 0.417. The second-order valence-electron chi connectivity index (χ2n) is 8.25. The van der Waals surface area contributed by atoms with Crippen molar-refractivity contribution in [2.75, 3.05) is 60.3 Å².